The maximum atomic E-state index is 14.2. The molecule has 1 heterocycles. The van der Waals surface area contributed by atoms with Crippen molar-refractivity contribution in [1.82, 2.24) is 15.1 Å². The summed E-state index contributed by atoms with van der Waals surface area (Å²) in [6.45, 7) is 9.78. The molecule has 11 nitrogen and oxygen atoms in total. The van der Waals surface area contributed by atoms with Crippen LogP contribution in [0.1, 0.15) is 50.8 Å². The van der Waals surface area contributed by atoms with Crippen molar-refractivity contribution < 1.29 is 38.7 Å². The molecule has 0 radical (unpaired) electrons. The van der Waals surface area contributed by atoms with E-state index in [2.05, 4.69) is 19.2 Å². The first-order valence-corrected chi connectivity index (χ1v) is 16.6. The number of methoxy groups -OCH3 is 2. The van der Waals surface area contributed by atoms with Crippen LogP contribution in [0.2, 0.25) is 0 Å². The van der Waals surface area contributed by atoms with Gasteiger partial charge in [0.25, 0.3) is 0 Å². The molecule has 0 saturated carbocycles. The number of aliphatic hydroxyl groups is 2. The average Bonchev–Trinajstić information content (AvgIpc) is 3.06. The Kier molecular flexibility index (Phi) is 15.9. The summed E-state index contributed by atoms with van der Waals surface area (Å²) in [6.07, 6.45) is -1.96. The van der Waals surface area contributed by atoms with Crippen LogP contribution in [0.5, 0.6) is 11.5 Å². The van der Waals surface area contributed by atoms with Crippen molar-refractivity contribution in [3.8, 4) is 11.5 Å². The Hall–Kier alpha value is -3.22. The molecule has 0 spiro atoms. The van der Waals surface area contributed by atoms with Gasteiger partial charge in [-0.05, 0) is 55.0 Å². The molecular formula is C36H55N3O8. The predicted molar refractivity (Wildman–Crippen MR) is 180 cm³/mol. The van der Waals surface area contributed by atoms with Crippen LogP contribution < -0.4 is 14.8 Å². The lowest BCUT2D eigenvalue weighted by Crippen LogP contribution is -2.51. The van der Waals surface area contributed by atoms with Crippen LogP contribution in [0.15, 0.2) is 48.5 Å². The average molecular weight is 658 g/mol. The number of aliphatic hydroxyl groups excluding tert-OH is 2. The first-order chi connectivity index (χ1) is 22.6. The number of nitrogens with one attached hydrogen (secondary N) is 1. The standard InChI is InChI=1S/C36H55N3O8/c1-25(2)30-22-38(27(4)40)23-33(45-6)36(43)31(41)24-46-18-10-9-17-39(35(30)28-13-11-14-29(20-28)44-5)34(42)21-37-16-19-47-32-15-8-7-12-26(32)3/h7-8,11-15,20,25,30-31,33,35-37,41,43H,9-10,16-19,21-24H2,1-6H3/t30-,31+,33+,35-,36+/m1/s1. The minimum absolute atomic E-state index is 0.0503. The minimum atomic E-state index is -1.25. The van der Waals surface area contributed by atoms with Crippen LogP contribution in [0.4, 0.5) is 0 Å². The highest BCUT2D eigenvalue weighted by Crippen LogP contribution is 2.36. The molecule has 0 unspecified atom stereocenters. The molecule has 0 aliphatic carbocycles. The molecule has 5 atom stereocenters. The van der Waals surface area contributed by atoms with Gasteiger partial charge < -0.3 is 44.3 Å². The van der Waals surface area contributed by atoms with Gasteiger partial charge in [-0.2, -0.15) is 0 Å². The second kappa shape index (κ2) is 19.6. The Bertz CT molecular complexity index is 1240. The molecule has 2 aromatic rings. The van der Waals surface area contributed by atoms with E-state index >= 15 is 0 Å². The van der Waals surface area contributed by atoms with Gasteiger partial charge >= 0.3 is 0 Å². The largest absolute Gasteiger partial charge is 0.497 e. The van der Waals surface area contributed by atoms with Gasteiger partial charge in [-0.15, -0.1) is 0 Å². The molecule has 0 aromatic heterocycles. The van der Waals surface area contributed by atoms with Crippen LogP contribution in [-0.4, -0.2) is 117 Å². The number of rotatable bonds is 10. The molecule has 2 amide bonds. The zero-order valence-corrected chi connectivity index (χ0v) is 28.9. The number of para-hydroxylation sites is 1. The van der Waals surface area contributed by atoms with Gasteiger partial charge in [0.2, 0.25) is 11.8 Å². The highest BCUT2D eigenvalue weighted by Gasteiger charge is 2.37. The highest BCUT2D eigenvalue weighted by atomic mass is 16.5. The van der Waals surface area contributed by atoms with E-state index in [1.807, 2.05) is 60.4 Å². The van der Waals surface area contributed by atoms with Gasteiger partial charge in [-0.3, -0.25) is 9.59 Å². The summed E-state index contributed by atoms with van der Waals surface area (Å²) in [5.74, 6) is 1.08. The van der Waals surface area contributed by atoms with Crippen LogP contribution in [0.25, 0.3) is 0 Å². The summed E-state index contributed by atoms with van der Waals surface area (Å²) in [5, 5.41) is 24.8. The molecule has 1 saturated heterocycles. The lowest BCUT2D eigenvalue weighted by Gasteiger charge is -2.42. The van der Waals surface area contributed by atoms with Gasteiger partial charge in [0.05, 0.1) is 26.3 Å². The number of ether oxygens (including phenoxy) is 4. The summed E-state index contributed by atoms with van der Waals surface area (Å²) in [5.41, 5.74) is 1.96. The number of carbonyl (C=O) groups excluding carboxylic acids is 2. The molecule has 1 aliphatic rings. The predicted octanol–water partition coefficient (Wildman–Crippen LogP) is 3.21. The van der Waals surface area contributed by atoms with Crippen molar-refractivity contribution in [2.75, 3.05) is 66.8 Å². The molecule has 2 aromatic carbocycles. The number of hydrogen-bond donors (Lipinski definition) is 3. The summed E-state index contributed by atoms with van der Waals surface area (Å²) in [6, 6.07) is 15.2. The normalized spacial score (nSPS) is 23.6. The van der Waals surface area contributed by atoms with Gasteiger partial charge in [-0.1, -0.05) is 44.2 Å². The van der Waals surface area contributed by atoms with E-state index in [0.29, 0.717) is 51.4 Å². The number of nitrogens with zero attached hydrogens (tertiary/aromatic N) is 2. The quantitative estimate of drug-likeness (QED) is 0.330. The monoisotopic (exact) mass is 657 g/mol. The molecule has 262 valence electrons. The van der Waals surface area contributed by atoms with E-state index in [4.69, 9.17) is 18.9 Å². The van der Waals surface area contributed by atoms with Gasteiger partial charge in [0.1, 0.15) is 36.4 Å². The van der Waals surface area contributed by atoms with Gasteiger partial charge in [0.15, 0.2) is 0 Å². The second-order valence-corrected chi connectivity index (χ2v) is 12.5. The SMILES string of the molecule is COc1cccc([C@@H]2[C@@H](C(C)C)CN(C(C)=O)C[C@H](OC)[C@@H](O)[C@@H](O)COCCCCN2C(=O)CNCCOc2ccccc2C)c1. The highest BCUT2D eigenvalue weighted by molar-refractivity contribution is 5.79. The van der Waals surface area contributed by atoms with E-state index in [0.717, 1.165) is 16.9 Å². The zero-order chi connectivity index (χ0) is 34.3. The van der Waals surface area contributed by atoms with Gasteiger partial charge in [0, 0.05) is 52.7 Å². The number of carbonyl (C=O) groups is 2. The third-order valence-corrected chi connectivity index (χ3v) is 8.84. The molecule has 3 rings (SSSR count). The lowest BCUT2D eigenvalue weighted by atomic mass is 9.82. The molecule has 3 N–H and O–H groups in total. The molecule has 0 bridgehead atoms. The Morgan fingerprint density at radius 3 is 2.51 bits per heavy atom. The molecule has 11 heteroatoms. The summed E-state index contributed by atoms with van der Waals surface area (Å²) >= 11 is 0. The van der Waals surface area contributed by atoms with Crippen LogP contribution >= 0.6 is 0 Å². The fourth-order valence-electron chi connectivity index (χ4n) is 5.99. The van der Waals surface area contributed by atoms with E-state index in [1.54, 1.807) is 12.0 Å². The first kappa shape index (κ1) is 38.2. The number of aryl methyl sites for hydroxylation is 1. The third kappa shape index (κ3) is 11.5. The smallest absolute Gasteiger partial charge is 0.237 e. The number of benzene rings is 2. The first-order valence-electron chi connectivity index (χ1n) is 16.6. The second-order valence-electron chi connectivity index (χ2n) is 12.5. The minimum Gasteiger partial charge on any atom is -0.497 e. The van der Waals surface area contributed by atoms with Crippen LogP contribution in [-0.2, 0) is 19.1 Å². The molecule has 1 fully saturated rings. The van der Waals surface area contributed by atoms with Crippen LogP contribution in [0, 0.1) is 18.8 Å². The van der Waals surface area contributed by atoms with Crippen molar-refractivity contribution in [3.05, 3.63) is 59.7 Å². The summed E-state index contributed by atoms with van der Waals surface area (Å²) < 4.78 is 22.8. The van der Waals surface area contributed by atoms with Gasteiger partial charge in [-0.25, -0.2) is 0 Å². The Labute approximate surface area is 280 Å². The Morgan fingerprint density at radius 2 is 1.83 bits per heavy atom. The fraction of sp³-hybridized carbons (Fsp3) is 0.611. The Morgan fingerprint density at radius 1 is 1.06 bits per heavy atom. The van der Waals surface area contributed by atoms with Crippen molar-refractivity contribution in [2.45, 2.75) is 64.9 Å². The fourth-order valence-corrected chi connectivity index (χ4v) is 5.99. The molecule has 47 heavy (non-hydrogen) atoms. The van der Waals surface area contributed by atoms with E-state index < -0.39 is 24.4 Å². The molecule has 1 aliphatic heterocycles. The summed E-state index contributed by atoms with van der Waals surface area (Å²) in [4.78, 5) is 30.8. The zero-order valence-electron chi connectivity index (χ0n) is 28.9. The summed E-state index contributed by atoms with van der Waals surface area (Å²) in [7, 11) is 3.07. The number of amides is 2. The lowest BCUT2D eigenvalue weighted by molar-refractivity contribution is -0.139. The van der Waals surface area contributed by atoms with Crippen molar-refractivity contribution in [2.24, 2.45) is 11.8 Å². The maximum Gasteiger partial charge on any atom is 0.237 e. The topological polar surface area (TPSA) is 130 Å². The van der Waals surface area contributed by atoms with E-state index in [1.165, 1.54) is 14.0 Å². The maximum absolute atomic E-state index is 14.2. The Balaban J connectivity index is 1.95. The van der Waals surface area contributed by atoms with E-state index in [9.17, 15) is 19.8 Å². The van der Waals surface area contributed by atoms with E-state index in [-0.39, 0.29) is 43.3 Å². The number of hydrogen-bond acceptors (Lipinski definition) is 9. The van der Waals surface area contributed by atoms with Crippen LogP contribution in [0.3, 0.4) is 0 Å². The molecular weight excluding hydrogens is 602 g/mol. The van der Waals surface area contributed by atoms with Crippen molar-refractivity contribution in [3.63, 3.8) is 0 Å². The van der Waals surface area contributed by atoms with Crippen molar-refractivity contribution >= 4 is 11.8 Å². The van der Waals surface area contributed by atoms with Crippen molar-refractivity contribution in [1.29, 1.82) is 0 Å². The third-order valence-electron chi connectivity index (χ3n) is 8.84.